The van der Waals surface area contributed by atoms with Gasteiger partial charge in [-0.1, -0.05) is 12.1 Å². The highest BCUT2D eigenvalue weighted by Crippen LogP contribution is 2.31. The van der Waals surface area contributed by atoms with Crippen LogP contribution in [0, 0.1) is 11.3 Å². The van der Waals surface area contributed by atoms with Gasteiger partial charge < -0.3 is 0 Å². The minimum atomic E-state index is -4.64. The summed E-state index contributed by atoms with van der Waals surface area (Å²) in [6.45, 7) is 0.0616. The summed E-state index contributed by atoms with van der Waals surface area (Å²) in [4.78, 5) is 17.1. The third kappa shape index (κ3) is 5.41. The smallest absolute Gasteiger partial charge is 0.270 e. The zero-order chi connectivity index (χ0) is 22.6. The SMILES string of the molecule is N#Cc1cccc(C(=O)NOC2CCN(S(=O)(=O)c3cccc(C(F)(F)F)c3)CC2)c1. The molecule has 0 bridgehead atoms. The van der Waals surface area contributed by atoms with Crippen LogP contribution < -0.4 is 5.48 Å². The maximum atomic E-state index is 12.9. The molecule has 11 heteroatoms. The topological polar surface area (TPSA) is 99.5 Å². The molecule has 0 aromatic heterocycles. The fourth-order valence-electron chi connectivity index (χ4n) is 3.10. The lowest BCUT2D eigenvalue weighted by molar-refractivity contribution is -0.137. The highest BCUT2D eigenvalue weighted by molar-refractivity contribution is 7.89. The number of carbonyl (C=O) groups excluding carboxylic acids is 1. The summed E-state index contributed by atoms with van der Waals surface area (Å²) in [6.07, 6.45) is -4.61. The van der Waals surface area contributed by atoms with Crippen molar-refractivity contribution in [3.63, 3.8) is 0 Å². The molecule has 1 saturated heterocycles. The Labute approximate surface area is 177 Å². The van der Waals surface area contributed by atoms with Crippen molar-refractivity contribution in [1.82, 2.24) is 9.79 Å². The van der Waals surface area contributed by atoms with Gasteiger partial charge in [0.15, 0.2) is 0 Å². The van der Waals surface area contributed by atoms with Crippen LogP contribution in [-0.2, 0) is 21.0 Å². The van der Waals surface area contributed by atoms with Crippen molar-refractivity contribution in [3.8, 4) is 6.07 Å². The molecule has 2 aromatic carbocycles. The lowest BCUT2D eigenvalue weighted by atomic mass is 10.1. The largest absolute Gasteiger partial charge is 0.416 e. The van der Waals surface area contributed by atoms with Crippen molar-refractivity contribution < 1.29 is 31.2 Å². The first kappa shape index (κ1) is 22.7. The summed E-state index contributed by atoms with van der Waals surface area (Å²) >= 11 is 0. The first-order valence-electron chi connectivity index (χ1n) is 9.25. The molecule has 31 heavy (non-hydrogen) atoms. The van der Waals surface area contributed by atoms with Crippen LogP contribution in [0.15, 0.2) is 53.4 Å². The maximum absolute atomic E-state index is 12.9. The molecule has 3 rings (SSSR count). The van der Waals surface area contributed by atoms with E-state index in [9.17, 15) is 26.4 Å². The number of hydrogen-bond donors (Lipinski definition) is 1. The fraction of sp³-hybridized carbons (Fsp3) is 0.300. The third-order valence-corrected chi connectivity index (χ3v) is 6.67. The molecule has 0 saturated carbocycles. The summed E-state index contributed by atoms with van der Waals surface area (Å²) in [5.74, 6) is -0.545. The van der Waals surface area contributed by atoms with E-state index in [2.05, 4.69) is 5.48 Å². The van der Waals surface area contributed by atoms with Crippen LogP contribution in [0.3, 0.4) is 0 Å². The number of nitrogens with zero attached hydrogens (tertiary/aromatic N) is 2. The number of carbonyl (C=O) groups is 1. The third-order valence-electron chi connectivity index (χ3n) is 4.77. The molecule has 1 fully saturated rings. The van der Waals surface area contributed by atoms with Crippen molar-refractivity contribution in [3.05, 3.63) is 65.2 Å². The van der Waals surface area contributed by atoms with Crippen molar-refractivity contribution in [2.45, 2.75) is 30.0 Å². The Kier molecular flexibility index (Phi) is 6.64. The average molecular weight is 453 g/mol. The molecule has 0 spiro atoms. The zero-order valence-corrected chi connectivity index (χ0v) is 16.9. The van der Waals surface area contributed by atoms with E-state index in [1.54, 1.807) is 12.1 Å². The molecular weight excluding hydrogens is 435 g/mol. The predicted molar refractivity (Wildman–Crippen MR) is 103 cm³/mol. The number of hydrogen-bond acceptors (Lipinski definition) is 5. The second-order valence-electron chi connectivity index (χ2n) is 6.87. The second-order valence-corrected chi connectivity index (χ2v) is 8.81. The van der Waals surface area contributed by atoms with Crippen LogP contribution in [0.5, 0.6) is 0 Å². The zero-order valence-electron chi connectivity index (χ0n) is 16.1. The molecule has 1 heterocycles. The van der Waals surface area contributed by atoms with Gasteiger partial charge in [-0.15, -0.1) is 0 Å². The maximum Gasteiger partial charge on any atom is 0.416 e. The van der Waals surface area contributed by atoms with E-state index in [1.165, 1.54) is 12.1 Å². The highest BCUT2D eigenvalue weighted by Gasteiger charge is 2.34. The van der Waals surface area contributed by atoms with Crippen LogP contribution in [0.4, 0.5) is 13.2 Å². The van der Waals surface area contributed by atoms with Crippen LogP contribution in [0.25, 0.3) is 0 Å². The van der Waals surface area contributed by atoms with Gasteiger partial charge in [-0.2, -0.15) is 22.7 Å². The first-order chi connectivity index (χ1) is 14.6. The summed E-state index contributed by atoms with van der Waals surface area (Å²) in [7, 11) is -4.09. The quantitative estimate of drug-likeness (QED) is 0.702. The van der Waals surface area contributed by atoms with Crippen molar-refractivity contribution in [2.24, 2.45) is 0 Å². The number of hydroxylamine groups is 1. The summed E-state index contributed by atoms with van der Waals surface area (Å²) in [6, 6.07) is 11.6. The highest BCUT2D eigenvalue weighted by atomic mass is 32.2. The van der Waals surface area contributed by atoms with Gasteiger partial charge in [0.1, 0.15) is 0 Å². The van der Waals surface area contributed by atoms with E-state index in [4.69, 9.17) is 10.1 Å². The molecule has 164 valence electrons. The van der Waals surface area contributed by atoms with Gasteiger partial charge in [-0.25, -0.2) is 13.9 Å². The van der Waals surface area contributed by atoms with E-state index < -0.39 is 38.7 Å². The molecule has 1 aliphatic rings. The van der Waals surface area contributed by atoms with Gasteiger partial charge in [0.25, 0.3) is 5.91 Å². The number of sulfonamides is 1. The first-order valence-corrected chi connectivity index (χ1v) is 10.7. The van der Waals surface area contributed by atoms with Crippen molar-refractivity contribution >= 4 is 15.9 Å². The molecule has 0 aliphatic carbocycles. The van der Waals surface area contributed by atoms with E-state index in [-0.39, 0.29) is 31.5 Å². The minimum Gasteiger partial charge on any atom is -0.270 e. The standard InChI is InChI=1S/C20H18F3N3O4S/c21-20(22,23)16-5-2-6-18(12-16)31(28,29)26-9-7-17(8-10-26)30-25-19(27)15-4-1-3-14(11-15)13-24/h1-6,11-12,17H,7-10H2,(H,25,27). The molecule has 2 aromatic rings. The Balaban J connectivity index is 1.58. The Morgan fingerprint density at radius 3 is 2.45 bits per heavy atom. The van der Waals surface area contributed by atoms with E-state index in [0.717, 1.165) is 22.5 Å². The normalized spacial score (nSPS) is 15.9. The van der Waals surface area contributed by atoms with Gasteiger partial charge in [-0.3, -0.25) is 9.63 Å². The van der Waals surface area contributed by atoms with Gasteiger partial charge in [-0.05, 0) is 49.2 Å². The number of piperidine rings is 1. The lowest BCUT2D eigenvalue weighted by Gasteiger charge is -2.30. The molecule has 0 atom stereocenters. The molecular formula is C20H18F3N3O4S. The number of nitriles is 1. The molecule has 1 aliphatic heterocycles. The molecule has 0 radical (unpaired) electrons. The Morgan fingerprint density at radius 2 is 1.81 bits per heavy atom. The Bertz CT molecular complexity index is 1110. The Hall–Kier alpha value is -2.94. The monoisotopic (exact) mass is 453 g/mol. The van der Waals surface area contributed by atoms with Gasteiger partial charge in [0.2, 0.25) is 10.0 Å². The van der Waals surface area contributed by atoms with Gasteiger partial charge in [0.05, 0.1) is 28.2 Å². The lowest BCUT2D eigenvalue weighted by Crippen LogP contribution is -2.42. The number of amides is 1. The Morgan fingerprint density at radius 1 is 1.13 bits per heavy atom. The van der Waals surface area contributed by atoms with Crippen LogP contribution in [-0.4, -0.2) is 37.8 Å². The predicted octanol–water partition coefficient (Wildman–Crippen LogP) is 3.09. The fourth-order valence-corrected chi connectivity index (χ4v) is 4.61. The van der Waals surface area contributed by atoms with Crippen molar-refractivity contribution in [1.29, 1.82) is 5.26 Å². The number of benzene rings is 2. The number of nitrogens with one attached hydrogen (secondary N) is 1. The molecule has 1 N–H and O–H groups in total. The second kappa shape index (κ2) is 9.05. The number of rotatable bonds is 5. The van der Waals surface area contributed by atoms with E-state index >= 15 is 0 Å². The number of halogens is 3. The number of alkyl halides is 3. The average Bonchev–Trinajstić information content (AvgIpc) is 2.77. The molecule has 7 nitrogen and oxygen atoms in total. The summed E-state index contributed by atoms with van der Waals surface area (Å²) in [5.41, 5.74) is 1.82. The van der Waals surface area contributed by atoms with Crippen LogP contribution in [0.2, 0.25) is 0 Å². The molecule has 1 amide bonds. The minimum absolute atomic E-state index is 0.0308. The summed E-state index contributed by atoms with van der Waals surface area (Å²) in [5, 5.41) is 8.88. The summed E-state index contributed by atoms with van der Waals surface area (Å²) < 4.78 is 65.2. The van der Waals surface area contributed by atoms with Gasteiger partial charge in [0, 0.05) is 18.7 Å². The van der Waals surface area contributed by atoms with E-state index in [1.807, 2.05) is 6.07 Å². The van der Waals surface area contributed by atoms with E-state index in [0.29, 0.717) is 11.6 Å². The van der Waals surface area contributed by atoms with Crippen molar-refractivity contribution in [2.75, 3.05) is 13.1 Å². The van der Waals surface area contributed by atoms with Crippen LogP contribution >= 0.6 is 0 Å². The molecule has 0 unspecified atom stereocenters. The van der Waals surface area contributed by atoms with Crippen LogP contribution in [0.1, 0.15) is 34.3 Å². The van der Waals surface area contributed by atoms with Gasteiger partial charge >= 0.3 is 6.18 Å².